The molecule has 2 aromatic carbocycles. The maximum absolute atomic E-state index is 5.58. The third-order valence-electron chi connectivity index (χ3n) is 2.66. The topological polar surface area (TPSA) is 47.3 Å². The molecule has 2 aromatic rings. The Hall–Kier alpha value is -2.00. The van der Waals surface area contributed by atoms with Crippen LogP contribution in [0, 0.1) is 0 Å². The zero-order chi connectivity index (χ0) is 12.8. The Labute approximate surface area is 108 Å². The zero-order valence-electron chi connectivity index (χ0n) is 10.5. The number of ether oxygens (including phenoxy) is 1. The summed E-state index contributed by atoms with van der Waals surface area (Å²) in [5.74, 6) is 0.864. The lowest BCUT2D eigenvalue weighted by Gasteiger charge is -2.12. The molecular weight excluding hydrogens is 224 g/mol. The van der Waals surface area contributed by atoms with E-state index in [2.05, 4.69) is 5.32 Å². The van der Waals surface area contributed by atoms with Crippen molar-refractivity contribution >= 4 is 11.4 Å². The number of hydrogen-bond donors (Lipinski definition) is 2. The van der Waals surface area contributed by atoms with Crippen molar-refractivity contribution in [2.75, 3.05) is 11.9 Å². The highest BCUT2D eigenvalue weighted by Crippen LogP contribution is 2.27. The van der Waals surface area contributed by atoms with E-state index < -0.39 is 0 Å². The van der Waals surface area contributed by atoms with Gasteiger partial charge in [0.2, 0.25) is 0 Å². The molecule has 0 radical (unpaired) electrons. The molecule has 0 unspecified atom stereocenters. The predicted molar refractivity (Wildman–Crippen MR) is 75.2 cm³/mol. The Morgan fingerprint density at radius 3 is 2.44 bits per heavy atom. The minimum atomic E-state index is 0.565. The van der Waals surface area contributed by atoms with Gasteiger partial charge in [-0.3, -0.25) is 0 Å². The predicted octanol–water partition coefficient (Wildman–Crippen LogP) is 3.29. The summed E-state index contributed by atoms with van der Waals surface area (Å²) in [6.07, 6.45) is 0. The number of nitrogens with two attached hydrogens (primary N) is 1. The minimum Gasteiger partial charge on any atom is -0.492 e. The molecule has 0 saturated heterocycles. The van der Waals surface area contributed by atoms with E-state index >= 15 is 0 Å². The van der Waals surface area contributed by atoms with Gasteiger partial charge in [0.25, 0.3) is 0 Å². The molecular formula is C15H18N2O. The average Bonchev–Trinajstić information content (AvgIpc) is 2.42. The summed E-state index contributed by atoms with van der Waals surface area (Å²) in [5.41, 5.74) is 8.70. The van der Waals surface area contributed by atoms with Gasteiger partial charge in [-0.1, -0.05) is 24.3 Å². The first kappa shape index (κ1) is 12.5. The van der Waals surface area contributed by atoms with Gasteiger partial charge in [-0.2, -0.15) is 0 Å². The van der Waals surface area contributed by atoms with Gasteiger partial charge < -0.3 is 15.8 Å². The van der Waals surface area contributed by atoms with E-state index in [1.807, 2.05) is 55.5 Å². The fourth-order valence-electron chi connectivity index (χ4n) is 1.73. The van der Waals surface area contributed by atoms with E-state index in [1.54, 1.807) is 0 Å². The van der Waals surface area contributed by atoms with Crippen LogP contribution in [0.1, 0.15) is 12.5 Å². The molecule has 0 spiro atoms. The molecule has 2 rings (SSSR count). The molecule has 0 saturated carbocycles. The van der Waals surface area contributed by atoms with Gasteiger partial charge in [0, 0.05) is 12.2 Å². The Morgan fingerprint density at radius 2 is 1.78 bits per heavy atom. The third-order valence-corrected chi connectivity index (χ3v) is 2.66. The first-order chi connectivity index (χ1) is 8.83. The molecule has 0 bridgehead atoms. The number of anilines is 2. The van der Waals surface area contributed by atoms with E-state index in [9.17, 15) is 0 Å². The van der Waals surface area contributed by atoms with E-state index in [0.29, 0.717) is 13.2 Å². The van der Waals surface area contributed by atoms with Crippen LogP contribution in [-0.4, -0.2) is 6.61 Å². The smallest absolute Gasteiger partial charge is 0.142 e. The molecule has 94 valence electrons. The third kappa shape index (κ3) is 3.02. The van der Waals surface area contributed by atoms with E-state index in [-0.39, 0.29) is 0 Å². The van der Waals surface area contributed by atoms with Crippen LogP contribution in [0.15, 0.2) is 48.5 Å². The van der Waals surface area contributed by atoms with Gasteiger partial charge in [0.05, 0.1) is 12.3 Å². The van der Waals surface area contributed by atoms with E-state index in [4.69, 9.17) is 10.5 Å². The second-order valence-corrected chi connectivity index (χ2v) is 3.96. The van der Waals surface area contributed by atoms with Gasteiger partial charge >= 0.3 is 0 Å². The largest absolute Gasteiger partial charge is 0.492 e. The van der Waals surface area contributed by atoms with E-state index in [0.717, 1.165) is 22.7 Å². The van der Waals surface area contributed by atoms with Gasteiger partial charge in [-0.05, 0) is 36.8 Å². The molecule has 3 nitrogen and oxygen atoms in total. The lowest BCUT2D eigenvalue weighted by atomic mass is 10.2. The van der Waals surface area contributed by atoms with Crippen molar-refractivity contribution in [3.63, 3.8) is 0 Å². The van der Waals surface area contributed by atoms with Crippen LogP contribution in [0.5, 0.6) is 5.75 Å². The molecule has 0 aromatic heterocycles. The Kier molecular flexibility index (Phi) is 4.20. The van der Waals surface area contributed by atoms with Crippen molar-refractivity contribution in [1.29, 1.82) is 0 Å². The van der Waals surface area contributed by atoms with Gasteiger partial charge in [0.15, 0.2) is 0 Å². The molecule has 0 fully saturated rings. The molecule has 0 atom stereocenters. The first-order valence-electron chi connectivity index (χ1n) is 6.11. The summed E-state index contributed by atoms with van der Waals surface area (Å²) in [6.45, 7) is 3.20. The van der Waals surface area contributed by atoms with Gasteiger partial charge in [-0.15, -0.1) is 0 Å². The van der Waals surface area contributed by atoms with Gasteiger partial charge in [-0.25, -0.2) is 0 Å². The fourth-order valence-corrected chi connectivity index (χ4v) is 1.73. The molecule has 0 amide bonds. The van der Waals surface area contributed by atoms with Crippen LogP contribution in [0.4, 0.5) is 11.4 Å². The molecule has 0 aliphatic carbocycles. The summed E-state index contributed by atoms with van der Waals surface area (Å²) in [5, 5.41) is 3.34. The van der Waals surface area contributed by atoms with Crippen molar-refractivity contribution in [3.05, 3.63) is 54.1 Å². The van der Waals surface area contributed by atoms with Crippen molar-refractivity contribution in [3.8, 4) is 5.75 Å². The van der Waals surface area contributed by atoms with Crippen molar-refractivity contribution < 1.29 is 4.74 Å². The summed E-state index contributed by atoms with van der Waals surface area (Å²) in [6, 6.07) is 16.0. The number of rotatable bonds is 5. The van der Waals surface area contributed by atoms with Crippen LogP contribution >= 0.6 is 0 Å². The average molecular weight is 242 g/mol. The summed E-state index contributed by atoms with van der Waals surface area (Å²) in [4.78, 5) is 0. The Balaban J connectivity index is 2.17. The zero-order valence-corrected chi connectivity index (χ0v) is 10.5. The minimum absolute atomic E-state index is 0.565. The van der Waals surface area contributed by atoms with Crippen molar-refractivity contribution in [2.45, 2.75) is 13.5 Å². The quantitative estimate of drug-likeness (QED) is 0.845. The van der Waals surface area contributed by atoms with Crippen LogP contribution < -0.4 is 15.8 Å². The van der Waals surface area contributed by atoms with Crippen molar-refractivity contribution in [2.24, 2.45) is 5.73 Å². The molecule has 0 heterocycles. The summed E-state index contributed by atoms with van der Waals surface area (Å²) >= 11 is 0. The number of para-hydroxylation sites is 2. The monoisotopic (exact) mass is 242 g/mol. The number of nitrogens with one attached hydrogen (secondary N) is 1. The summed E-state index contributed by atoms with van der Waals surface area (Å²) in [7, 11) is 0. The Bertz CT molecular complexity index is 494. The molecule has 0 aliphatic heterocycles. The molecule has 18 heavy (non-hydrogen) atoms. The SMILES string of the molecule is CCOc1ccccc1Nc1ccc(CN)cc1. The van der Waals surface area contributed by atoms with Crippen molar-refractivity contribution in [1.82, 2.24) is 0 Å². The molecule has 0 aliphatic rings. The van der Waals surface area contributed by atoms with Crippen LogP contribution in [0.25, 0.3) is 0 Å². The highest BCUT2D eigenvalue weighted by atomic mass is 16.5. The highest BCUT2D eigenvalue weighted by molar-refractivity contribution is 5.66. The molecule has 3 N–H and O–H groups in total. The second-order valence-electron chi connectivity index (χ2n) is 3.96. The maximum atomic E-state index is 5.58. The van der Waals surface area contributed by atoms with Crippen LogP contribution in [0.2, 0.25) is 0 Å². The number of benzene rings is 2. The highest BCUT2D eigenvalue weighted by Gasteiger charge is 2.02. The number of hydrogen-bond acceptors (Lipinski definition) is 3. The van der Waals surface area contributed by atoms with Crippen LogP contribution in [0.3, 0.4) is 0 Å². The second kappa shape index (κ2) is 6.07. The summed E-state index contributed by atoms with van der Waals surface area (Å²) < 4.78 is 5.57. The lowest BCUT2D eigenvalue weighted by Crippen LogP contribution is -1.98. The normalized spacial score (nSPS) is 10.1. The van der Waals surface area contributed by atoms with Gasteiger partial charge in [0.1, 0.15) is 5.75 Å². The molecule has 3 heteroatoms. The standard InChI is InChI=1S/C15H18N2O/c1-2-18-15-6-4-3-5-14(15)17-13-9-7-12(11-16)8-10-13/h3-10,17H,2,11,16H2,1H3. The Morgan fingerprint density at radius 1 is 1.06 bits per heavy atom. The van der Waals surface area contributed by atoms with E-state index in [1.165, 1.54) is 0 Å². The maximum Gasteiger partial charge on any atom is 0.142 e. The lowest BCUT2D eigenvalue weighted by molar-refractivity contribution is 0.342. The fraction of sp³-hybridized carbons (Fsp3) is 0.200. The van der Waals surface area contributed by atoms with Crippen LogP contribution in [-0.2, 0) is 6.54 Å². The first-order valence-corrected chi connectivity index (χ1v) is 6.11.